The number of hydrogen-bond acceptors (Lipinski definition) is 14. The first-order valence-electron chi connectivity index (χ1n) is 45.6. The number of carbonyl (C=O) groups is 9. The van der Waals surface area contributed by atoms with E-state index in [2.05, 4.69) is 70.8 Å². The van der Waals surface area contributed by atoms with Crippen molar-refractivity contribution in [3.63, 3.8) is 0 Å². The second-order valence-corrected chi connectivity index (χ2v) is 37.5. The number of piperidine rings is 3. The quantitative estimate of drug-likeness (QED) is 0.0601. The Hall–Kier alpha value is -7.81. The molecule has 10 aliphatic rings. The van der Waals surface area contributed by atoms with Crippen molar-refractivity contribution < 1.29 is 43.2 Å². The van der Waals surface area contributed by atoms with Crippen LogP contribution < -0.4 is 26.6 Å². The van der Waals surface area contributed by atoms with Crippen LogP contribution in [-0.4, -0.2) is 170 Å². The minimum atomic E-state index is -0.328. The minimum absolute atomic E-state index is 0.0000349. The van der Waals surface area contributed by atoms with Gasteiger partial charge in [0.1, 0.15) is 19.6 Å². The highest BCUT2D eigenvalue weighted by Crippen LogP contribution is 2.62. The number of carbonyl (C=O) groups excluding carboxylic acids is 9. The number of Topliss-reactive ketones (excluding diaryl/α,β-unsaturated/α-hetero) is 6. The zero-order chi connectivity index (χ0) is 81.7. The summed E-state index contributed by atoms with van der Waals surface area (Å²) in [4.78, 5) is 125. The Morgan fingerprint density at radius 2 is 0.767 bits per heavy atom. The summed E-state index contributed by atoms with van der Waals surface area (Å²) in [5.74, 6) is 1.78. The molecule has 7 fully saturated rings. The van der Waals surface area contributed by atoms with E-state index in [4.69, 9.17) is 0 Å². The normalized spacial score (nSPS) is 27.0. The molecule has 3 saturated heterocycles. The van der Waals surface area contributed by atoms with Gasteiger partial charge in [0.25, 0.3) is 0 Å². The van der Waals surface area contributed by atoms with Crippen LogP contribution in [0.15, 0.2) is 55.0 Å². The molecule has 16 rings (SSSR count). The van der Waals surface area contributed by atoms with Gasteiger partial charge in [0.15, 0.2) is 34.7 Å². The van der Waals surface area contributed by atoms with Crippen molar-refractivity contribution in [1.82, 2.24) is 44.4 Å². The fourth-order valence-corrected chi connectivity index (χ4v) is 22.2. The van der Waals surface area contributed by atoms with Gasteiger partial charge in [-0.2, -0.15) is 0 Å². The second kappa shape index (κ2) is 36.8. The van der Waals surface area contributed by atoms with Crippen LogP contribution >= 0.6 is 0 Å². The maximum Gasteiger partial charge on any atom is 0.243 e. The van der Waals surface area contributed by atoms with Crippen molar-refractivity contribution in [2.24, 2.45) is 28.1 Å². The van der Waals surface area contributed by atoms with Crippen LogP contribution in [0, 0.1) is 28.1 Å². The molecule has 20 nitrogen and oxygen atoms in total. The Bertz CT molecular complexity index is 4650. The third-order valence-electron chi connectivity index (χ3n) is 28.6. The second-order valence-electron chi connectivity index (χ2n) is 37.5. The third kappa shape index (κ3) is 18.2. The van der Waals surface area contributed by atoms with Crippen molar-refractivity contribution in [2.75, 3.05) is 63.5 Å². The van der Waals surface area contributed by atoms with Gasteiger partial charge in [-0.15, -0.1) is 0 Å². The number of hydrogen-bond donors (Lipinski definition) is 5. The van der Waals surface area contributed by atoms with Crippen LogP contribution in [0.2, 0.25) is 0 Å². The van der Waals surface area contributed by atoms with Gasteiger partial charge in [0.05, 0.1) is 34.7 Å². The topological polar surface area (TPSA) is 238 Å². The summed E-state index contributed by atoms with van der Waals surface area (Å²) in [6.45, 7) is 22.1. The lowest BCUT2D eigenvalue weighted by Crippen LogP contribution is -2.44. The summed E-state index contributed by atoms with van der Waals surface area (Å²) < 4.78 is 6.03. The SMILES string of the molecule is CCC(=O)[C@@H]1C[C@]23CNCCCCCCCc4cc(CC(C)C)cc5c(C(C)=O)cn(c45)CC(=O)N1[C@@H]2C3.CCC(=O)[C@@H]1C[C@]23CNCCCCCCCc4cc(NC)cc5c(C(C)=O)cn(c45)CC(=O)N1[C@@H]2C3.CCC(=O)[C@@H]1C[C@]23CNCCCCCCCc4cc(NCC5CCCCC5)cc5c(C(C)=O)cn(c45)CC(=O)N1[C@@H]2C3. The van der Waals surface area contributed by atoms with E-state index in [0.717, 1.165) is 186 Å². The number of nitrogens with zero attached hydrogens (tertiary/aromatic N) is 6. The zero-order valence-electron chi connectivity index (χ0n) is 71.6. The summed E-state index contributed by atoms with van der Waals surface area (Å²) in [6.07, 6.45) is 40.2. The summed E-state index contributed by atoms with van der Waals surface area (Å²) >= 11 is 0. The molecular weight excluding hydrogens is 1450 g/mol. The third-order valence-corrected chi connectivity index (χ3v) is 28.6. The Kier molecular flexibility index (Phi) is 26.9. The molecule has 4 saturated carbocycles. The fraction of sp³-hybridized carbons (Fsp3) is 0.656. The summed E-state index contributed by atoms with van der Waals surface area (Å²) in [5, 5.41) is 20.8. The number of aromatic nitrogens is 3. The molecule has 20 heteroatoms. The van der Waals surface area contributed by atoms with Gasteiger partial charge < -0.3 is 55.0 Å². The molecule has 3 amide bonds. The average Bonchev–Trinajstić information content (AvgIpc) is 1.55. The maximum atomic E-state index is 14.1. The predicted octanol–water partition coefficient (Wildman–Crippen LogP) is 16.1. The molecule has 9 heterocycles. The lowest BCUT2D eigenvalue weighted by molar-refractivity contribution is -0.139. The van der Waals surface area contributed by atoms with Gasteiger partial charge in [0, 0.05) is 150 Å². The molecule has 9 atom stereocenters. The Labute approximate surface area is 689 Å². The molecule has 116 heavy (non-hydrogen) atoms. The van der Waals surface area contributed by atoms with Gasteiger partial charge in [-0.3, -0.25) is 43.2 Å². The van der Waals surface area contributed by atoms with Crippen LogP contribution in [0.4, 0.5) is 11.4 Å². The Morgan fingerprint density at radius 3 is 1.13 bits per heavy atom. The van der Waals surface area contributed by atoms with Crippen molar-refractivity contribution in [2.45, 2.75) is 323 Å². The van der Waals surface area contributed by atoms with Crippen LogP contribution in [0.3, 0.4) is 0 Å². The number of amides is 3. The van der Waals surface area contributed by atoms with Gasteiger partial charge >= 0.3 is 0 Å². The van der Waals surface area contributed by atoms with Gasteiger partial charge in [-0.25, -0.2) is 0 Å². The Balaban J connectivity index is 0.000000144. The van der Waals surface area contributed by atoms with Gasteiger partial charge in [-0.05, 0) is 220 Å². The van der Waals surface area contributed by atoms with Gasteiger partial charge in [-0.1, -0.05) is 118 Å². The number of nitrogens with one attached hydrogen (secondary N) is 5. The van der Waals surface area contributed by atoms with Crippen LogP contribution in [0.1, 0.15) is 295 Å². The van der Waals surface area contributed by atoms with E-state index in [-0.39, 0.29) is 125 Å². The zero-order valence-corrected chi connectivity index (χ0v) is 71.6. The molecule has 6 aromatic rings. The molecule has 6 aliphatic heterocycles. The van der Waals surface area contributed by atoms with E-state index in [1.807, 2.05) is 80.9 Å². The highest BCUT2D eigenvalue weighted by atomic mass is 16.2. The number of aryl methyl sites for hydroxylation is 3. The fourth-order valence-electron chi connectivity index (χ4n) is 22.2. The van der Waals surface area contributed by atoms with Crippen LogP contribution in [-0.2, 0) is 74.1 Å². The Morgan fingerprint density at radius 1 is 0.431 bits per heavy atom. The van der Waals surface area contributed by atoms with Crippen LogP contribution in [0.25, 0.3) is 32.7 Å². The highest BCUT2D eigenvalue weighted by Gasteiger charge is 2.68. The van der Waals surface area contributed by atoms with E-state index in [0.29, 0.717) is 47.8 Å². The molecule has 0 spiro atoms. The first-order valence-corrected chi connectivity index (χ1v) is 45.6. The van der Waals surface area contributed by atoms with E-state index in [9.17, 15) is 43.2 Å². The first-order chi connectivity index (χ1) is 56.0. The van der Waals surface area contributed by atoms with Gasteiger partial charge in [0.2, 0.25) is 17.7 Å². The number of benzene rings is 3. The van der Waals surface area contributed by atoms with Crippen molar-refractivity contribution >= 4 is 96.5 Å². The van der Waals surface area contributed by atoms with Crippen molar-refractivity contribution in [3.8, 4) is 0 Å². The van der Waals surface area contributed by atoms with E-state index < -0.39 is 0 Å². The lowest BCUT2D eigenvalue weighted by atomic mass is 9.89. The molecule has 4 aliphatic carbocycles. The molecule has 5 N–H and O–H groups in total. The number of rotatable bonds is 15. The molecule has 6 bridgehead atoms. The van der Waals surface area contributed by atoms with Crippen molar-refractivity contribution in [3.05, 3.63) is 93.9 Å². The number of anilines is 2. The summed E-state index contributed by atoms with van der Waals surface area (Å²) in [5.41, 5.74) is 12.1. The first kappa shape index (κ1) is 84.6. The lowest BCUT2D eigenvalue weighted by Gasteiger charge is -2.27. The smallest absolute Gasteiger partial charge is 0.243 e. The molecular formula is C96H135N11O9. The molecule has 3 aromatic carbocycles. The van der Waals surface area contributed by atoms with Crippen molar-refractivity contribution in [1.29, 1.82) is 0 Å². The maximum absolute atomic E-state index is 14.1. The highest BCUT2D eigenvalue weighted by molar-refractivity contribution is 6.11. The largest absolute Gasteiger partial charge is 0.388 e. The molecule has 0 radical (unpaired) electrons. The molecule has 3 aromatic heterocycles. The average molecular weight is 1590 g/mol. The monoisotopic (exact) mass is 1590 g/mol. The minimum Gasteiger partial charge on any atom is -0.388 e. The molecule has 628 valence electrons. The van der Waals surface area contributed by atoms with E-state index >= 15 is 0 Å². The number of ketones is 6. The predicted molar refractivity (Wildman–Crippen MR) is 462 cm³/mol. The van der Waals surface area contributed by atoms with E-state index in [1.165, 1.54) is 119 Å². The summed E-state index contributed by atoms with van der Waals surface area (Å²) in [7, 11) is 1.90. The summed E-state index contributed by atoms with van der Waals surface area (Å²) in [6, 6.07) is 12.5. The molecule has 0 unspecified atom stereocenters. The standard InChI is InChI=1S/C35H50N4O3.C32H45N3O3.C29H40N4O3/c1-3-31(41)30-18-35-19-32(35)39(30)33(42)22-38-21-29(24(2)40)28-17-27(37-20-25-12-8-7-9-13-25)16-26(34(28)38)14-10-5-4-6-11-15-36-23-35;1-5-28(37)27-16-32-17-29(32)35(27)30(38)19-34-18-26(22(4)36)25-15-23(13-21(2)3)14-24(31(25)34)11-9-7-6-8-10-12-33-20-32;1-4-25(35)24-14-29-15-26(29)33(24)27(36)17-32-16-23(19(2)34)22-13-21(30-3)12-20(28(22)32)10-8-6-5-7-9-11-31-18-29/h16-17,21,25,30,32,36-37H,3-15,18-20,22-23H2,1-2H3;14-15,18,21,27,29,33H,5-13,16-17,19-20H2,1-4H3;12-13,16,24,26,30-31H,4-11,14-15,17-18H2,1-3H3/t30-,32+,35-;27-,29+,32-;24-,26+,29-/m000/s1. The van der Waals surface area contributed by atoms with E-state index in [1.54, 1.807) is 20.8 Å². The van der Waals surface area contributed by atoms with Crippen LogP contribution in [0.5, 0.6) is 0 Å².